The molecule has 2 rings (SSSR count). The van der Waals surface area contributed by atoms with Gasteiger partial charge in [0.1, 0.15) is 5.54 Å². The maximum atomic E-state index is 12.7. The summed E-state index contributed by atoms with van der Waals surface area (Å²) in [5.41, 5.74) is -0.614. The van der Waals surface area contributed by atoms with Crippen molar-refractivity contribution in [1.29, 1.82) is 0 Å². The number of ether oxygens (including phenoxy) is 1. The van der Waals surface area contributed by atoms with Gasteiger partial charge in [-0.25, -0.2) is 4.79 Å². The van der Waals surface area contributed by atoms with Crippen molar-refractivity contribution in [3.05, 3.63) is 34.3 Å². The van der Waals surface area contributed by atoms with E-state index in [0.717, 1.165) is 10.0 Å². The number of nitrogens with zero attached hydrogens (tertiary/aromatic N) is 1. The Kier molecular flexibility index (Phi) is 4.63. The monoisotopic (exact) mass is 368 g/mol. The predicted octanol–water partition coefficient (Wildman–Crippen LogP) is 3.03. The number of benzene rings is 1. The molecule has 0 aromatic heterocycles. The summed E-state index contributed by atoms with van der Waals surface area (Å²) in [5, 5.41) is 2.79. The summed E-state index contributed by atoms with van der Waals surface area (Å²) in [6.07, 6.45) is 0. The third kappa shape index (κ3) is 3.33. The van der Waals surface area contributed by atoms with Crippen molar-refractivity contribution >= 4 is 27.9 Å². The third-order valence-electron chi connectivity index (χ3n) is 3.54. The summed E-state index contributed by atoms with van der Waals surface area (Å²) < 4.78 is 6.39. The van der Waals surface area contributed by atoms with Crippen molar-refractivity contribution in [3.8, 4) is 0 Å². The Morgan fingerprint density at radius 1 is 1.27 bits per heavy atom. The zero-order chi connectivity index (χ0) is 16.5. The molecule has 1 saturated heterocycles. The number of amides is 3. The lowest BCUT2D eigenvalue weighted by molar-refractivity contribution is -0.132. The summed E-state index contributed by atoms with van der Waals surface area (Å²) >= 11 is 3.44. The van der Waals surface area contributed by atoms with Gasteiger partial charge in [0.2, 0.25) is 0 Å². The molecular formula is C16H21BrN2O3. The Morgan fingerprint density at radius 3 is 2.50 bits per heavy atom. The first kappa shape index (κ1) is 17.0. The molecule has 0 bridgehead atoms. The van der Waals surface area contributed by atoms with Crippen molar-refractivity contribution in [2.75, 3.05) is 13.2 Å². The van der Waals surface area contributed by atoms with Gasteiger partial charge in [0.05, 0.1) is 18.8 Å². The molecule has 1 aliphatic heterocycles. The Morgan fingerprint density at radius 2 is 1.91 bits per heavy atom. The molecular weight excluding hydrogens is 348 g/mol. The molecule has 0 saturated carbocycles. The number of urea groups is 1. The van der Waals surface area contributed by atoms with Gasteiger partial charge < -0.3 is 10.1 Å². The quantitative estimate of drug-likeness (QED) is 0.830. The van der Waals surface area contributed by atoms with E-state index in [1.165, 1.54) is 4.90 Å². The number of carbonyl (C=O) groups is 2. The van der Waals surface area contributed by atoms with Crippen LogP contribution in [0, 0.1) is 0 Å². The normalized spacial score (nSPS) is 22.1. The minimum Gasteiger partial charge on any atom is -0.374 e. The van der Waals surface area contributed by atoms with Crippen molar-refractivity contribution < 1.29 is 14.3 Å². The standard InChI is InChI=1S/C16H21BrN2O3/c1-15(2,3)22-10-9-19-13(20)16(4,18-14(19)21)11-7-5-6-8-12(11)17/h5-8H,9-10H2,1-4H3,(H,18,21)/t16-/m0/s1. The molecule has 3 amide bonds. The first-order valence-corrected chi connectivity index (χ1v) is 7.97. The van der Waals surface area contributed by atoms with Gasteiger partial charge in [-0.15, -0.1) is 0 Å². The van der Waals surface area contributed by atoms with Gasteiger partial charge in [-0.2, -0.15) is 0 Å². The van der Waals surface area contributed by atoms with E-state index in [4.69, 9.17) is 4.74 Å². The lowest BCUT2D eigenvalue weighted by atomic mass is 9.92. The lowest BCUT2D eigenvalue weighted by Crippen LogP contribution is -2.41. The van der Waals surface area contributed by atoms with Crippen molar-refractivity contribution in [2.45, 2.75) is 38.8 Å². The maximum absolute atomic E-state index is 12.7. The zero-order valence-corrected chi connectivity index (χ0v) is 14.9. The lowest BCUT2D eigenvalue weighted by Gasteiger charge is -2.24. The van der Waals surface area contributed by atoms with Crippen LogP contribution in [0.3, 0.4) is 0 Å². The number of carbonyl (C=O) groups excluding carboxylic acids is 2. The van der Waals surface area contributed by atoms with Crippen molar-refractivity contribution in [1.82, 2.24) is 10.2 Å². The van der Waals surface area contributed by atoms with Crippen LogP contribution in [0.1, 0.15) is 33.3 Å². The van der Waals surface area contributed by atoms with Crippen LogP contribution < -0.4 is 5.32 Å². The van der Waals surface area contributed by atoms with Gasteiger partial charge >= 0.3 is 6.03 Å². The van der Waals surface area contributed by atoms with Crippen LogP contribution in [-0.2, 0) is 15.1 Å². The summed E-state index contributed by atoms with van der Waals surface area (Å²) in [6.45, 7) is 8.08. The van der Waals surface area contributed by atoms with E-state index in [-0.39, 0.29) is 24.1 Å². The molecule has 1 fully saturated rings. The zero-order valence-electron chi connectivity index (χ0n) is 13.3. The van der Waals surface area contributed by atoms with Crippen LogP contribution in [-0.4, -0.2) is 35.6 Å². The maximum Gasteiger partial charge on any atom is 0.325 e. The summed E-state index contributed by atoms with van der Waals surface area (Å²) in [7, 11) is 0. The molecule has 1 atom stereocenters. The van der Waals surface area contributed by atoms with E-state index in [1.54, 1.807) is 6.92 Å². The SMILES string of the molecule is CC(C)(C)OCCN1C(=O)N[C@@](C)(c2ccccc2Br)C1=O. The van der Waals surface area contributed by atoms with Crippen LogP contribution >= 0.6 is 15.9 Å². The fraction of sp³-hybridized carbons (Fsp3) is 0.500. The van der Waals surface area contributed by atoms with Gasteiger partial charge in [0, 0.05) is 10.0 Å². The molecule has 0 spiro atoms. The molecule has 0 radical (unpaired) electrons. The molecule has 1 aromatic carbocycles. The number of rotatable bonds is 4. The highest BCUT2D eigenvalue weighted by Crippen LogP contribution is 2.33. The van der Waals surface area contributed by atoms with Gasteiger partial charge in [0.15, 0.2) is 0 Å². The molecule has 5 nitrogen and oxygen atoms in total. The fourth-order valence-corrected chi connectivity index (χ4v) is 3.07. The van der Waals surface area contributed by atoms with Crippen LogP contribution in [0.15, 0.2) is 28.7 Å². The number of hydrogen-bond acceptors (Lipinski definition) is 3. The number of imide groups is 1. The Hall–Kier alpha value is -1.40. The smallest absolute Gasteiger partial charge is 0.325 e. The molecule has 0 unspecified atom stereocenters. The summed E-state index contributed by atoms with van der Waals surface area (Å²) in [5.74, 6) is -0.262. The van der Waals surface area contributed by atoms with E-state index in [9.17, 15) is 9.59 Å². The molecule has 22 heavy (non-hydrogen) atoms. The van der Waals surface area contributed by atoms with Crippen molar-refractivity contribution in [3.63, 3.8) is 0 Å². The van der Waals surface area contributed by atoms with Gasteiger partial charge in [-0.05, 0) is 33.8 Å². The first-order chi connectivity index (χ1) is 10.1. The second kappa shape index (κ2) is 6.01. The summed E-state index contributed by atoms with van der Waals surface area (Å²) in [6, 6.07) is 7.01. The molecule has 1 aliphatic rings. The highest BCUT2D eigenvalue weighted by atomic mass is 79.9. The molecule has 6 heteroatoms. The van der Waals surface area contributed by atoms with Crippen LogP contribution in [0.4, 0.5) is 4.79 Å². The second-order valence-electron chi connectivity index (χ2n) is 6.45. The fourth-order valence-electron chi connectivity index (χ4n) is 2.39. The molecule has 1 aromatic rings. The highest BCUT2D eigenvalue weighted by Gasteiger charge is 2.49. The average Bonchev–Trinajstić information content (AvgIpc) is 2.62. The van der Waals surface area contributed by atoms with Gasteiger partial charge in [-0.3, -0.25) is 9.69 Å². The van der Waals surface area contributed by atoms with E-state index in [1.807, 2.05) is 45.0 Å². The minimum absolute atomic E-state index is 0.238. The Balaban J connectivity index is 2.16. The second-order valence-corrected chi connectivity index (χ2v) is 7.31. The topological polar surface area (TPSA) is 58.6 Å². The molecule has 120 valence electrons. The Bertz CT molecular complexity index is 597. The average molecular weight is 369 g/mol. The van der Waals surface area contributed by atoms with E-state index < -0.39 is 5.54 Å². The van der Waals surface area contributed by atoms with E-state index >= 15 is 0 Å². The van der Waals surface area contributed by atoms with Gasteiger partial charge in [-0.1, -0.05) is 34.1 Å². The third-order valence-corrected chi connectivity index (χ3v) is 4.23. The van der Waals surface area contributed by atoms with E-state index in [2.05, 4.69) is 21.2 Å². The van der Waals surface area contributed by atoms with Crippen LogP contribution in [0.2, 0.25) is 0 Å². The number of hydrogen-bond donors (Lipinski definition) is 1. The largest absolute Gasteiger partial charge is 0.374 e. The predicted molar refractivity (Wildman–Crippen MR) is 87.4 cm³/mol. The first-order valence-electron chi connectivity index (χ1n) is 7.18. The molecule has 1 N–H and O–H groups in total. The van der Waals surface area contributed by atoms with Crippen LogP contribution in [0.5, 0.6) is 0 Å². The minimum atomic E-state index is -1.06. The molecule has 0 aliphatic carbocycles. The van der Waals surface area contributed by atoms with E-state index in [0.29, 0.717) is 6.61 Å². The number of halogens is 1. The van der Waals surface area contributed by atoms with Crippen LogP contribution in [0.25, 0.3) is 0 Å². The Labute approximate surface area is 139 Å². The summed E-state index contributed by atoms with van der Waals surface area (Å²) in [4.78, 5) is 26.1. The van der Waals surface area contributed by atoms with Crippen molar-refractivity contribution in [2.24, 2.45) is 0 Å². The number of nitrogens with one attached hydrogen (secondary N) is 1. The van der Waals surface area contributed by atoms with Gasteiger partial charge in [0.25, 0.3) is 5.91 Å². The molecule has 1 heterocycles. The highest BCUT2D eigenvalue weighted by molar-refractivity contribution is 9.10.